The molecule has 1 N–H and O–H groups in total. The Labute approximate surface area is 133 Å². The van der Waals surface area contributed by atoms with Crippen LogP contribution in [0.3, 0.4) is 0 Å². The van der Waals surface area contributed by atoms with Crippen LogP contribution in [0.2, 0.25) is 0 Å². The van der Waals surface area contributed by atoms with E-state index in [-0.39, 0.29) is 30.2 Å². The molecule has 0 aliphatic carbocycles. The van der Waals surface area contributed by atoms with Gasteiger partial charge in [-0.3, -0.25) is 9.59 Å². The Bertz CT molecular complexity index is 593. The molecule has 2 heterocycles. The van der Waals surface area contributed by atoms with E-state index in [1.54, 1.807) is 17.0 Å². The highest BCUT2D eigenvalue weighted by Gasteiger charge is 2.32. The van der Waals surface area contributed by atoms with Crippen molar-refractivity contribution in [3.8, 4) is 11.5 Å². The van der Waals surface area contributed by atoms with Crippen molar-refractivity contribution in [1.82, 2.24) is 5.32 Å². The van der Waals surface area contributed by atoms with Crippen LogP contribution in [0.25, 0.3) is 0 Å². The number of alkyl halides is 1. The fourth-order valence-corrected chi connectivity index (χ4v) is 2.81. The summed E-state index contributed by atoms with van der Waals surface area (Å²) < 4.78 is 11.0. The molecule has 1 saturated heterocycles. The molecule has 1 fully saturated rings. The number of rotatable bonds is 4. The molecule has 0 radical (unpaired) electrons. The number of nitrogens with one attached hydrogen (secondary N) is 1. The van der Waals surface area contributed by atoms with E-state index in [0.717, 1.165) is 5.69 Å². The van der Waals surface area contributed by atoms with Crippen molar-refractivity contribution in [2.45, 2.75) is 18.9 Å². The second-order valence-corrected chi connectivity index (χ2v) is 5.62. The molecule has 1 aromatic rings. The first-order chi connectivity index (χ1) is 10.7. The van der Waals surface area contributed by atoms with Gasteiger partial charge in [-0.15, -0.1) is 11.6 Å². The van der Waals surface area contributed by atoms with Crippen LogP contribution < -0.4 is 19.7 Å². The fourth-order valence-electron chi connectivity index (χ4n) is 2.64. The van der Waals surface area contributed by atoms with Gasteiger partial charge in [0, 0.05) is 37.0 Å². The van der Waals surface area contributed by atoms with E-state index in [1.165, 1.54) is 0 Å². The second kappa shape index (κ2) is 6.44. The quantitative estimate of drug-likeness (QED) is 0.848. The molecule has 2 aliphatic rings. The summed E-state index contributed by atoms with van der Waals surface area (Å²) in [5, 5.41) is 2.83. The zero-order chi connectivity index (χ0) is 15.5. The Morgan fingerprint density at radius 1 is 1.32 bits per heavy atom. The van der Waals surface area contributed by atoms with Crippen LogP contribution in [0.15, 0.2) is 18.2 Å². The molecular formula is C15H17ClN2O4. The first-order valence-electron chi connectivity index (χ1n) is 7.22. The van der Waals surface area contributed by atoms with Gasteiger partial charge in [-0.05, 0) is 12.1 Å². The van der Waals surface area contributed by atoms with Gasteiger partial charge in [0.2, 0.25) is 11.8 Å². The minimum atomic E-state index is -0.184. The number of benzene rings is 1. The number of anilines is 1. The predicted molar refractivity (Wildman–Crippen MR) is 81.7 cm³/mol. The van der Waals surface area contributed by atoms with E-state index < -0.39 is 0 Å². The van der Waals surface area contributed by atoms with Crippen molar-refractivity contribution in [1.29, 1.82) is 0 Å². The zero-order valence-electron chi connectivity index (χ0n) is 12.0. The van der Waals surface area contributed by atoms with Crippen LogP contribution in [0.1, 0.15) is 12.8 Å². The van der Waals surface area contributed by atoms with Gasteiger partial charge in [-0.1, -0.05) is 0 Å². The molecule has 2 amide bonds. The number of halogens is 1. The van der Waals surface area contributed by atoms with E-state index in [1.807, 2.05) is 6.07 Å². The average molecular weight is 325 g/mol. The molecule has 1 aromatic carbocycles. The molecule has 1 atom stereocenters. The maximum atomic E-state index is 12.2. The highest BCUT2D eigenvalue weighted by molar-refractivity contribution is 6.18. The summed E-state index contributed by atoms with van der Waals surface area (Å²) in [4.78, 5) is 25.4. The molecule has 0 unspecified atom stereocenters. The zero-order valence-corrected chi connectivity index (χ0v) is 12.8. The van der Waals surface area contributed by atoms with Gasteiger partial charge in [0.1, 0.15) is 13.2 Å². The summed E-state index contributed by atoms with van der Waals surface area (Å²) in [6.07, 6.45) is 0.554. The lowest BCUT2D eigenvalue weighted by Crippen LogP contribution is -2.37. The van der Waals surface area contributed by atoms with Crippen molar-refractivity contribution in [2.75, 3.05) is 30.5 Å². The van der Waals surface area contributed by atoms with Crippen LogP contribution >= 0.6 is 11.6 Å². The summed E-state index contributed by atoms with van der Waals surface area (Å²) in [7, 11) is 0. The van der Waals surface area contributed by atoms with E-state index in [9.17, 15) is 9.59 Å². The first kappa shape index (κ1) is 15.0. The van der Waals surface area contributed by atoms with Gasteiger partial charge >= 0.3 is 0 Å². The maximum Gasteiger partial charge on any atom is 0.229 e. The molecule has 6 nitrogen and oxygen atoms in total. The Balaban J connectivity index is 1.70. The van der Waals surface area contributed by atoms with E-state index in [2.05, 4.69) is 5.32 Å². The lowest BCUT2D eigenvalue weighted by Gasteiger charge is -2.22. The van der Waals surface area contributed by atoms with Gasteiger partial charge in [0.25, 0.3) is 0 Å². The number of nitrogens with zero attached hydrogens (tertiary/aromatic N) is 1. The largest absolute Gasteiger partial charge is 0.486 e. The second-order valence-electron chi connectivity index (χ2n) is 5.24. The van der Waals surface area contributed by atoms with Gasteiger partial charge in [0.05, 0.1) is 6.04 Å². The van der Waals surface area contributed by atoms with Gasteiger partial charge in [0.15, 0.2) is 11.5 Å². The number of carbonyl (C=O) groups is 2. The third-order valence-electron chi connectivity index (χ3n) is 3.65. The molecule has 2 aliphatic heterocycles. The molecular weight excluding hydrogens is 308 g/mol. The molecule has 7 heteroatoms. The average Bonchev–Trinajstić information content (AvgIpc) is 2.87. The Kier molecular flexibility index (Phi) is 4.38. The van der Waals surface area contributed by atoms with E-state index in [4.69, 9.17) is 21.1 Å². The maximum absolute atomic E-state index is 12.2. The lowest BCUT2D eigenvalue weighted by molar-refractivity contribution is -0.121. The normalized spacial score (nSPS) is 20.1. The molecule has 3 rings (SSSR count). The van der Waals surface area contributed by atoms with Crippen molar-refractivity contribution in [3.05, 3.63) is 18.2 Å². The predicted octanol–water partition coefficient (Wildman–Crippen LogP) is 1.31. The number of amides is 2. The smallest absolute Gasteiger partial charge is 0.229 e. The SMILES string of the molecule is O=C(CCCl)N[C@H]1CC(=O)N(c2ccc3c(c2)OCCO3)C1. The summed E-state index contributed by atoms with van der Waals surface area (Å²) >= 11 is 5.54. The molecule has 22 heavy (non-hydrogen) atoms. The van der Waals surface area contributed by atoms with Crippen molar-refractivity contribution in [2.24, 2.45) is 0 Å². The molecule has 0 bridgehead atoms. The van der Waals surface area contributed by atoms with Gasteiger partial charge < -0.3 is 19.7 Å². The van der Waals surface area contributed by atoms with Crippen LogP contribution in [-0.4, -0.2) is 43.5 Å². The van der Waals surface area contributed by atoms with Crippen LogP contribution in [0.5, 0.6) is 11.5 Å². The molecule has 0 aromatic heterocycles. The molecule has 0 saturated carbocycles. The fraction of sp³-hybridized carbons (Fsp3) is 0.467. The summed E-state index contributed by atoms with van der Waals surface area (Å²) in [6, 6.07) is 5.25. The van der Waals surface area contributed by atoms with Gasteiger partial charge in [-0.25, -0.2) is 0 Å². The highest BCUT2D eigenvalue weighted by Crippen LogP contribution is 2.35. The lowest BCUT2D eigenvalue weighted by atomic mass is 10.2. The number of carbonyl (C=O) groups excluding carboxylic acids is 2. The molecule has 0 spiro atoms. The monoisotopic (exact) mass is 324 g/mol. The summed E-state index contributed by atoms with van der Waals surface area (Å²) in [6.45, 7) is 1.48. The number of hydrogen-bond donors (Lipinski definition) is 1. The Morgan fingerprint density at radius 2 is 2.09 bits per heavy atom. The van der Waals surface area contributed by atoms with Crippen molar-refractivity contribution >= 4 is 29.1 Å². The minimum Gasteiger partial charge on any atom is -0.486 e. The minimum absolute atomic E-state index is 0.0205. The van der Waals surface area contributed by atoms with Crippen molar-refractivity contribution in [3.63, 3.8) is 0 Å². The third-order valence-corrected chi connectivity index (χ3v) is 3.84. The first-order valence-corrected chi connectivity index (χ1v) is 7.76. The van der Waals surface area contributed by atoms with Crippen LogP contribution in [0, 0.1) is 0 Å². The summed E-state index contributed by atoms with van der Waals surface area (Å²) in [5.41, 5.74) is 0.753. The number of fused-ring (bicyclic) bond motifs is 1. The molecule has 118 valence electrons. The number of hydrogen-bond acceptors (Lipinski definition) is 4. The van der Waals surface area contributed by atoms with Crippen LogP contribution in [-0.2, 0) is 9.59 Å². The van der Waals surface area contributed by atoms with Gasteiger partial charge in [-0.2, -0.15) is 0 Å². The summed E-state index contributed by atoms with van der Waals surface area (Å²) in [5.74, 6) is 1.46. The number of ether oxygens (including phenoxy) is 2. The Morgan fingerprint density at radius 3 is 2.86 bits per heavy atom. The highest BCUT2D eigenvalue weighted by atomic mass is 35.5. The third kappa shape index (κ3) is 3.11. The van der Waals surface area contributed by atoms with E-state index in [0.29, 0.717) is 37.7 Å². The topological polar surface area (TPSA) is 67.9 Å². The standard InChI is InChI=1S/C15H17ClN2O4/c16-4-3-14(19)17-10-7-15(20)18(9-10)11-1-2-12-13(8-11)22-6-5-21-12/h1-2,8,10H,3-7,9H2,(H,17,19)/t10-/m0/s1. The van der Waals surface area contributed by atoms with Crippen molar-refractivity contribution < 1.29 is 19.1 Å². The van der Waals surface area contributed by atoms with Crippen LogP contribution in [0.4, 0.5) is 5.69 Å². The van der Waals surface area contributed by atoms with E-state index >= 15 is 0 Å². The Hall–Kier alpha value is -1.95.